The van der Waals surface area contributed by atoms with Gasteiger partial charge in [0.25, 0.3) is 5.69 Å². The van der Waals surface area contributed by atoms with E-state index in [0.29, 0.717) is 15.9 Å². The molecule has 7 heteroatoms. The van der Waals surface area contributed by atoms with Crippen LogP contribution in [0, 0.1) is 16.1 Å². The quantitative estimate of drug-likeness (QED) is 0.530. The Bertz CT molecular complexity index is 622. The van der Waals surface area contributed by atoms with E-state index in [9.17, 15) is 14.5 Å². The number of rotatable bonds is 4. The van der Waals surface area contributed by atoms with Crippen LogP contribution in [0.15, 0.2) is 40.9 Å². The summed E-state index contributed by atoms with van der Waals surface area (Å²) in [6.07, 6.45) is 0. The monoisotopic (exact) mass is 325 g/mol. The highest BCUT2D eigenvalue weighted by Gasteiger charge is 2.13. The summed E-state index contributed by atoms with van der Waals surface area (Å²) in [5.41, 5.74) is 0.498. The molecule has 0 unspecified atom stereocenters. The number of nitro groups is 1. The topological polar surface area (TPSA) is 68.1 Å². The van der Waals surface area contributed by atoms with Crippen molar-refractivity contribution in [2.45, 2.75) is 6.54 Å². The Morgan fingerprint density at radius 1 is 1.37 bits per heavy atom. The number of nitrogens with zero attached hydrogens (tertiary/aromatic N) is 2. The van der Waals surface area contributed by atoms with E-state index in [1.54, 1.807) is 18.2 Å². The van der Waals surface area contributed by atoms with Crippen LogP contribution in [-0.2, 0) is 6.54 Å². The highest BCUT2D eigenvalue weighted by atomic mass is 79.9. The molecule has 0 aliphatic heterocycles. The van der Waals surface area contributed by atoms with Crippen molar-refractivity contribution in [2.75, 3.05) is 5.32 Å². The van der Waals surface area contributed by atoms with E-state index in [1.165, 1.54) is 18.2 Å². The third kappa shape index (κ3) is 3.47. The maximum Gasteiger partial charge on any atom is 0.275 e. The summed E-state index contributed by atoms with van der Waals surface area (Å²) >= 11 is 3.18. The molecule has 0 spiro atoms. The number of hydrogen-bond acceptors (Lipinski definition) is 4. The molecule has 0 saturated carbocycles. The third-order valence-corrected chi connectivity index (χ3v) is 2.91. The lowest BCUT2D eigenvalue weighted by atomic mass is 10.2. The minimum atomic E-state index is -0.602. The van der Waals surface area contributed by atoms with Crippen molar-refractivity contribution in [1.29, 1.82) is 0 Å². The summed E-state index contributed by atoms with van der Waals surface area (Å²) < 4.78 is 13.5. The number of hydrogen-bond donors (Lipinski definition) is 1. The van der Waals surface area contributed by atoms with E-state index in [1.807, 2.05) is 0 Å². The maximum atomic E-state index is 12.9. The van der Waals surface area contributed by atoms with Crippen molar-refractivity contribution in [1.82, 2.24) is 4.98 Å². The van der Waals surface area contributed by atoms with Gasteiger partial charge in [-0.25, -0.2) is 4.98 Å². The molecule has 19 heavy (non-hydrogen) atoms. The summed E-state index contributed by atoms with van der Waals surface area (Å²) in [5, 5.41) is 13.8. The number of pyridine rings is 1. The van der Waals surface area contributed by atoms with E-state index in [4.69, 9.17) is 0 Å². The molecular weight excluding hydrogens is 317 g/mol. The van der Waals surface area contributed by atoms with E-state index < -0.39 is 10.9 Å². The Morgan fingerprint density at radius 3 is 2.84 bits per heavy atom. The van der Waals surface area contributed by atoms with Gasteiger partial charge in [-0.15, -0.1) is 0 Å². The third-order valence-electron chi connectivity index (χ3n) is 2.42. The first-order valence-electron chi connectivity index (χ1n) is 5.35. The molecule has 0 atom stereocenters. The smallest absolute Gasteiger partial charge is 0.275 e. The molecular formula is C12H9BrFN3O2. The van der Waals surface area contributed by atoms with Crippen LogP contribution in [0.25, 0.3) is 0 Å². The lowest BCUT2D eigenvalue weighted by molar-refractivity contribution is -0.385. The Kier molecular flexibility index (Phi) is 4.06. The van der Waals surface area contributed by atoms with Gasteiger partial charge in [0.15, 0.2) is 0 Å². The predicted molar refractivity (Wildman–Crippen MR) is 72.3 cm³/mol. The van der Waals surface area contributed by atoms with Crippen molar-refractivity contribution >= 4 is 27.4 Å². The standard InChI is InChI=1S/C12H9BrFN3O2/c13-9-5-4-8(10(6-9)17(18)19)7-15-12-3-1-2-11(14)16-12/h1-6H,7H2,(H,15,16). The number of nitro benzene ring substituents is 1. The molecule has 0 amide bonds. The molecule has 2 rings (SSSR count). The minimum Gasteiger partial charge on any atom is -0.366 e. The summed E-state index contributed by atoms with van der Waals surface area (Å²) in [7, 11) is 0. The molecule has 5 nitrogen and oxygen atoms in total. The zero-order chi connectivity index (χ0) is 13.8. The maximum absolute atomic E-state index is 12.9. The van der Waals surface area contributed by atoms with E-state index in [0.717, 1.165) is 0 Å². The van der Waals surface area contributed by atoms with Gasteiger partial charge in [-0.2, -0.15) is 4.39 Å². The Hall–Kier alpha value is -2.02. The normalized spacial score (nSPS) is 10.2. The van der Waals surface area contributed by atoms with Gasteiger partial charge < -0.3 is 5.32 Å². The number of anilines is 1. The Labute approximate surface area is 116 Å². The number of benzene rings is 1. The van der Waals surface area contributed by atoms with Crippen LogP contribution in [-0.4, -0.2) is 9.91 Å². The molecule has 2 aromatic rings. The van der Waals surface area contributed by atoms with Gasteiger partial charge in [0, 0.05) is 22.6 Å². The average molecular weight is 326 g/mol. The molecule has 1 aromatic carbocycles. The van der Waals surface area contributed by atoms with Gasteiger partial charge >= 0.3 is 0 Å². The summed E-state index contributed by atoms with van der Waals surface area (Å²) in [6.45, 7) is 0.194. The van der Waals surface area contributed by atoms with Crippen LogP contribution in [0.1, 0.15) is 5.56 Å². The highest BCUT2D eigenvalue weighted by Crippen LogP contribution is 2.24. The lowest BCUT2D eigenvalue weighted by Gasteiger charge is -2.06. The van der Waals surface area contributed by atoms with Crippen LogP contribution >= 0.6 is 15.9 Å². The predicted octanol–water partition coefficient (Wildman–Crippen LogP) is 3.50. The molecule has 1 heterocycles. The van der Waals surface area contributed by atoms with Crippen LogP contribution in [0.4, 0.5) is 15.9 Å². The fraction of sp³-hybridized carbons (Fsp3) is 0.0833. The molecule has 0 aliphatic carbocycles. The zero-order valence-corrected chi connectivity index (χ0v) is 11.2. The van der Waals surface area contributed by atoms with E-state index in [2.05, 4.69) is 26.2 Å². The number of nitrogens with one attached hydrogen (secondary N) is 1. The first-order chi connectivity index (χ1) is 9.06. The van der Waals surface area contributed by atoms with Gasteiger partial charge in [-0.1, -0.05) is 22.0 Å². The van der Waals surface area contributed by atoms with Crippen molar-refractivity contribution in [3.63, 3.8) is 0 Å². The van der Waals surface area contributed by atoms with Gasteiger partial charge in [0.05, 0.1) is 4.92 Å². The molecule has 0 aliphatic rings. The summed E-state index contributed by atoms with van der Waals surface area (Å²) in [6, 6.07) is 9.11. The fourth-order valence-corrected chi connectivity index (χ4v) is 1.90. The minimum absolute atomic E-state index is 0.00159. The highest BCUT2D eigenvalue weighted by molar-refractivity contribution is 9.10. The van der Waals surface area contributed by atoms with Gasteiger partial charge in [-0.05, 0) is 24.3 Å². The molecule has 98 valence electrons. The van der Waals surface area contributed by atoms with Crippen LogP contribution in [0.2, 0.25) is 0 Å². The second-order valence-electron chi connectivity index (χ2n) is 3.73. The van der Waals surface area contributed by atoms with Crippen molar-refractivity contribution in [3.8, 4) is 0 Å². The second kappa shape index (κ2) is 5.75. The van der Waals surface area contributed by atoms with Crippen molar-refractivity contribution in [2.24, 2.45) is 0 Å². The Morgan fingerprint density at radius 2 is 2.16 bits per heavy atom. The summed E-state index contributed by atoms with van der Waals surface area (Å²) in [4.78, 5) is 14.1. The molecule has 1 aromatic heterocycles. The SMILES string of the molecule is O=[N+]([O-])c1cc(Br)ccc1CNc1cccc(F)n1. The zero-order valence-electron chi connectivity index (χ0n) is 9.64. The van der Waals surface area contributed by atoms with Crippen LogP contribution < -0.4 is 5.32 Å². The van der Waals surface area contributed by atoms with E-state index in [-0.39, 0.29) is 12.2 Å². The second-order valence-corrected chi connectivity index (χ2v) is 4.64. The van der Waals surface area contributed by atoms with Gasteiger partial charge in [-0.3, -0.25) is 10.1 Å². The first kappa shape index (κ1) is 13.4. The van der Waals surface area contributed by atoms with Gasteiger partial charge in [0.2, 0.25) is 5.95 Å². The summed E-state index contributed by atoms with van der Waals surface area (Å²) in [5.74, 6) is -0.271. The van der Waals surface area contributed by atoms with Gasteiger partial charge in [0.1, 0.15) is 5.82 Å². The molecule has 0 fully saturated rings. The largest absolute Gasteiger partial charge is 0.366 e. The van der Waals surface area contributed by atoms with E-state index >= 15 is 0 Å². The van der Waals surface area contributed by atoms with Crippen molar-refractivity contribution < 1.29 is 9.31 Å². The fourth-order valence-electron chi connectivity index (χ4n) is 1.55. The van der Waals surface area contributed by atoms with Crippen LogP contribution in [0.5, 0.6) is 0 Å². The molecule has 0 radical (unpaired) electrons. The Balaban J connectivity index is 2.17. The first-order valence-corrected chi connectivity index (χ1v) is 6.15. The molecule has 1 N–H and O–H groups in total. The van der Waals surface area contributed by atoms with Crippen molar-refractivity contribution in [3.05, 3.63) is 62.5 Å². The molecule has 0 bridgehead atoms. The van der Waals surface area contributed by atoms with Crippen LogP contribution in [0.3, 0.4) is 0 Å². The number of aromatic nitrogens is 1. The molecule has 0 saturated heterocycles. The lowest BCUT2D eigenvalue weighted by Crippen LogP contribution is -2.04. The average Bonchev–Trinajstić information content (AvgIpc) is 2.37. The number of halogens is 2.